The second-order valence-corrected chi connectivity index (χ2v) is 8.24. The van der Waals surface area contributed by atoms with Crippen molar-refractivity contribution in [1.82, 2.24) is 5.32 Å². The Kier molecular flexibility index (Phi) is 5.46. The molecule has 0 saturated heterocycles. The highest BCUT2D eigenvalue weighted by Gasteiger charge is 2.21. The summed E-state index contributed by atoms with van der Waals surface area (Å²) in [7, 11) is 0. The zero-order valence-electron chi connectivity index (χ0n) is 16.7. The van der Waals surface area contributed by atoms with Crippen LogP contribution in [0.1, 0.15) is 22.9 Å². The van der Waals surface area contributed by atoms with Crippen LogP contribution in [0.3, 0.4) is 0 Å². The second-order valence-electron chi connectivity index (χ2n) is 7.33. The Morgan fingerprint density at radius 3 is 1.94 bits per heavy atom. The van der Waals surface area contributed by atoms with E-state index in [0.29, 0.717) is 0 Å². The van der Waals surface area contributed by atoms with E-state index in [2.05, 4.69) is 75.8 Å². The van der Waals surface area contributed by atoms with E-state index in [1.54, 1.807) is 0 Å². The molecule has 0 amide bonds. The minimum atomic E-state index is -0.227. The number of aliphatic imine (C=N–C) groups is 2. The molecule has 0 saturated carbocycles. The smallest absolute Gasteiger partial charge is 0.159 e. The molecule has 0 fully saturated rings. The van der Waals surface area contributed by atoms with Gasteiger partial charge < -0.3 is 5.32 Å². The molecule has 1 aliphatic heterocycles. The molecule has 0 radical (unpaired) electrons. The number of nitrogens with one attached hydrogen (secondary N) is 1. The number of hydrogen-bond acceptors (Lipinski definition) is 3. The third-order valence-electron chi connectivity index (χ3n) is 5.18. The normalized spacial score (nSPS) is 15.6. The van der Waals surface area contributed by atoms with E-state index in [1.807, 2.05) is 54.6 Å². The van der Waals surface area contributed by atoms with Gasteiger partial charge in [-0.25, -0.2) is 9.98 Å². The summed E-state index contributed by atoms with van der Waals surface area (Å²) in [6, 6.07) is 37.2. The summed E-state index contributed by atoms with van der Waals surface area (Å²) in [5.41, 5.74) is 5.45. The first-order valence-corrected chi connectivity index (χ1v) is 11.0. The lowest BCUT2D eigenvalue weighted by Crippen LogP contribution is -2.33. The zero-order chi connectivity index (χ0) is 21.0. The first-order valence-electron chi connectivity index (χ1n) is 10.2. The van der Waals surface area contributed by atoms with E-state index in [-0.39, 0.29) is 6.17 Å². The van der Waals surface area contributed by atoms with E-state index in [9.17, 15) is 0 Å². The Hall–Kier alpha value is -3.50. The van der Waals surface area contributed by atoms with Crippen LogP contribution < -0.4 is 5.32 Å². The fraction of sp³-hybridized carbons (Fsp3) is 0.0370. The first kappa shape index (κ1) is 19.5. The van der Waals surface area contributed by atoms with Crippen LogP contribution in [0, 0.1) is 0 Å². The Bertz CT molecular complexity index is 1260. The molecule has 4 aromatic rings. The van der Waals surface area contributed by atoms with Gasteiger partial charge in [0, 0.05) is 15.6 Å². The van der Waals surface area contributed by atoms with Gasteiger partial charge in [-0.3, -0.25) is 0 Å². The van der Waals surface area contributed by atoms with Crippen LogP contribution in [0.25, 0.3) is 11.1 Å². The molecule has 1 heterocycles. The summed E-state index contributed by atoms with van der Waals surface area (Å²) in [5.74, 6) is 1.56. The zero-order valence-corrected chi connectivity index (χ0v) is 18.3. The highest BCUT2D eigenvalue weighted by molar-refractivity contribution is 9.10. The van der Waals surface area contributed by atoms with Crippen molar-refractivity contribution in [2.24, 2.45) is 9.98 Å². The predicted octanol–water partition coefficient (Wildman–Crippen LogP) is 6.61. The number of benzene rings is 4. The minimum absolute atomic E-state index is 0.227. The van der Waals surface area contributed by atoms with Crippen molar-refractivity contribution in [2.75, 3.05) is 0 Å². The van der Waals surface area contributed by atoms with Crippen LogP contribution in [-0.4, -0.2) is 11.7 Å². The quantitative estimate of drug-likeness (QED) is 0.361. The summed E-state index contributed by atoms with van der Waals surface area (Å²) in [6.07, 6.45) is -0.227. The molecule has 31 heavy (non-hydrogen) atoms. The van der Waals surface area contributed by atoms with Crippen molar-refractivity contribution >= 4 is 27.6 Å². The van der Waals surface area contributed by atoms with Crippen molar-refractivity contribution in [1.29, 1.82) is 0 Å². The van der Waals surface area contributed by atoms with Crippen LogP contribution in [0.2, 0.25) is 0 Å². The molecule has 1 unspecified atom stereocenters. The molecular weight excluding hydrogens is 446 g/mol. The molecule has 150 valence electrons. The molecule has 3 nitrogen and oxygen atoms in total. The lowest BCUT2D eigenvalue weighted by atomic mass is 10.0. The first-order chi connectivity index (χ1) is 15.3. The molecule has 0 aromatic heterocycles. The summed E-state index contributed by atoms with van der Waals surface area (Å²) in [5, 5.41) is 3.53. The fourth-order valence-corrected chi connectivity index (χ4v) is 4.03. The Morgan fingerprint density at radius 2 is 1.23 bits per heavy atom. The van der Waals surface area contributed by atoms with Crippen LogP contribution in [0.15, 0.2) is 124 Å². The molecular formula is C27H20BrN3. The van der Waals surface area contributed by atoms with Crippen molar-refractivity contribution in [3.05, 3.63) is 130 Å². The Labute approximate surface area is 190 Å². The molecule has 4 heteroatoms. The molecule has 4 aromatic carbocycles. The van der Waals surface area contributed by atoms with Gasteiger partial charge in [0.2, 0.25) is 0 Å². The molecule has 1 aliphatic rings. The maximum atomic E-state index is 4.96. The lowest BCUT2D eigenvalue weighted by Gasteiger charge is -2.24. The fourth-order valence-electron chi connectivity index (χ4n) is 3.64. The van der Waals surface area contributed by atoms with E-state index in [1.165, 1.54) is 0 Å². The molecule has 0 aliphatic carbocycles. The van der Waals surface area contributed by atoms with Gasteiger partial charge in [0.25, 0.3) is 0 Å². The highest BCUT2D eigenvalue weighted by atomic mass is 79.9. The predicted molar refractivity (Wildman–Crippen MR) is 131 cm³/mol. The van der Waals surface area contributed by atoms with Crippen molar-refractivity contribution in [3.8, 4) is 11.1 Å². The van der Waals surface area contributed by atoms with Gasteiger partial charge in [0.05, 0.1) is 0 Å². The maximum Gasteiger partial charge on any atom is 0.159 e. The molecule has 1 atom stereocenters. The van der Waals surface area contributed by atoms with Gasteiger partial charge >= 0.3 is 0 Å². The van der Waals surface area contributed by atoms with Crippen molar-refractivity contribution in [3.63, 3.8) is 0 Å². The van der Waals surface area contributed by atoms with E-state index in [4.69, 9.17) is 9.98 Å². The second kappa shape index (κ2) is 8.70. The van der Waals surface area contributed by atoms with E-state index < -0.39 is 0 Å². The minimum Gasteiger partial charge on any atom is -0.344 e. The van der Waals surface area contributed by atoms with Crippen LogP contribution in [0.5, 0.6) is 0 Å². The SMILES string of the molecule is Brc1cccc(-c2cccc(C3N=C(c4ccccc4)N=C(c4ccccc4)N3)c2)c1. The molecule has 0 spiro atoms. The summed E-state index contributed by atoms with van der Waals surface area (Å²) in [4.78, 5) is 9.80. The largest absolute Gasteiger partial charge is 0.344 e. The van der Waals surface area contributed by atoms with Crippen LogP contribution >= 0.6 is 15.9 Å². The Morgan fingerprint density at radius 1 is 0.613 bits per heavy atom. The average Bonchev–Trinajstić information content (AvgIpc) is 2.85. The number of rotatable bonds is 4. The molecule has 1 N–H and O–H groups in total. The Balaban J connectivity index is 1.56. The average molecular weight is 466 g/mol. The van der Waals surface area contributed by atoms with Gasteiger partial charge in [-0.1, -0.05) is 107 Å². The van der Waals surface area contributed by atoms with Crippen LogP contribution in [-0.2, 0) is 0 Å². The number of amidine groups is 2. The van der Waals surface area contributed by atoms with Crippen molar-refractivity contribution in [2.45, 2.75) is 6.17 Å². The maximum absolute atomic E-state index is 4.96. The van der Waals surface area contributed by atoms with Gasteiger partial charge in [-0.05, 0) is 34.9 Å². The standard InChI is InChI=1S/C27H20BrN3/c28-24-16-8-14-22(18-24)21-13-7-15-23(17-21)27-30-25(19-9-3-1-4-10-19)29-26(31-27)20-11-5-2-6-12-20/h1-18,27H,(H,29,30,31). The topological polar surface area (TPSA) is 36.8 Å². The van der Waals surface area contributed by atoms with E-state index in [0.717, 1.165) is 44.0 Å². The van der Waals surface area contributed by atoms with E-state index >= 15 is 0 Å². The number of nitrogens with zero attached hydrogens (tertiary/aromatic N) is 2. The lowest BCUT2D eigenvalue weighted by molar-refractivity contribution is 0.674. The molecule has 5 rings (SSSR count). The number of hydrogen-bond donors (Lipinski definition) is 1. The summed E-state index contributed by atoms with van der Waals surface area (Å²) in [6.45, 7) is 0. The summed E-state index contributed by atoms with van der Waals surface area (Å²) < 4.78 is 1.06. The van der Waals surface area contributed by atoms with Crippen molar-refractivity contribution < 1.29 is 0 Å². The number of halogens is 1. The van der Waals surface area contributed by atoms with Crippen LogP contribution in [0.4, 0.5) is 0 Å². The third-order valence-corrected chi connectivity index (χ3v) is 5.68. The monoisotopic (exact) mass is 465 g/mol. The van der Waals surface area contributed by atoms with Gasteiger partial charge in [-0.15, -0.1) is 0 Å². The third kappa shape index (κ3) is 4.35. The van der Waals surface area contributed by atoms with Gasteiger partial charge in [0.1, 0.15) is 12.0 Å². The summed E-state index contributed by atoms with van der Waals surface area (Å²) >= 11 is 3.57. The van der Waals surface area contributed by atoms with Gasteiger partial charge in [0.15, 0.2) is 5.84 Å². The molecule has 0 bridgehead atoms. The van der Waals surface area contributed by atoms with Gasteiger partial charge in [-0.2, -0.15) is 0 Å². The highest BCUT2D eigenvalue weighted by Crippen LogP contribution is 2.28.